The molecule has 2 aromatic rings. The van der Waals surface area contributed by atoms with Crippen molar-refractivity contribution in [3.05, 3.63) is 47.8 Å². The highest BCUT2D eigenvalue weighted by Gasteiger charge is 2.21. The molecule has 3 rings (SSSR count). The van der Waals surface area contributed by atoms with E-state index in [0.29, 0.717) is 18.1 Å². The Morgan fingerprint density at radius 1 is 1.09 bits per heavy atom. The van der Waals surface area contributed by atoms with Crippen molar-refractivity contribution < 1.29 is 4.79 Å². The molecule has 0 aromatic carbocycles. The predicted octanol–water partition coefficient (Wildman–Crippen LogP) is 4.53. The van der Waals surface area contributed by atoms with Gasteiger partial charge in [-0.25, -0.2) is 0 Å². The van der Waals surface area contributed by atoms with Crippen LogP contribution in [0.4, 0.5) is 0 Å². The molecule has 1 saturated carbocycles. The van der Waals surface area contributed by atoms with E-state index in [4.69, 9.17) is 0 Å². The maximum Gasteiger partial charge on any atom is 0.135 e. The van der Waals surface area contributed by atoms with Crippen molar-refractivity contribution in [2.75, 3.05) is 0 Å². The van der Waals surface area contributed by atoms with Crippen LogP contribution in [0, 0.1) is 12.8 Å². The molecule has 0 atom stereocenters. The van der Waals surface area contributed by atoms with E-state index < -0.39 is 0 Å². The number of nitrogens with zero attached hydrogens (tertiary/aromatic N) is 2. The normalized spacial score (nSPS) is 15.0. The van der Waals surface area contributed by atoms with Gasteiger partial charge in [-0.1, -0.05) is 12.8 Å². The fraction of sp³-hybridized carbons (Fsp3) is 0.450. The largest absolute Gasteiger partial charge is 0.299 e. The van der Waals surface area contributed by atoms with Gasteiger partial charge in [0.05, 0.1) is 11.4 Å². The lowest BCUT2D eigenvalue weighted by molar-refractivity contribution is -0.122. The zero-order chi connectivity index (χ0) is 16.1. The van der Waals surface area contributed by atoms with Gasteiger partial charge in [0.15, 0.2) is 0 Å². The lowest BCUT2D eigenvalue weighted by Crippen LogP contribution is -2.10. The number of hydrogen-bond donors (Lipinski definition) is 0. The van der Waals surface area contributed by atoms with E-state index in [2.05, 4.69) is 29.0 Å². The van der Waals surface area contributed by atoms with Crippen molar-refractivity contribution in [2.45, 2.75) is 51.9 Å². The van der Waals surface area contributed by atoms with Crippen LogP contribution in [-0.2, 0) is 11.2 Å². The molecular weight excluding hydrogens is 284 g/mol. The second-order valence-electron chi connectivity index (χ2n) is 6.57. The van der Waals surface area contributed by atoms with Gasteiger partial charge in [0.2, 0.25) is 0 Å². The molecule has 0 amide bonds. The van der Waals surface area contributed by atoms with Crippen LogP contribution >= 0.6 is 0 Å². The number of pyridine rings is 2. The molecule has 120 valence electrons. The van der Waals surface area contributed by atoms with Gasteiger partial charge in [-0.2, -0.15) is 0 Å². The number of aromatic nitrogens is 2. The van der Waals surface area contributed by atoms with Crippen molar-refractivity contribution in [1.82, 2.24) is 9.97 Å². The maximum atomic E-state index is 12.1. The highest BCUT2D eigenvalue weighted by molar-refractivity contribution is 5.81. The van der Waals surface area contributed by atoms with Crippen molar-refractivity contribution in [3.63, 3.8) is 0 Å². The Balaban J connectivity index is 1.58. The van der Waals surface area contributed by atoms with E-state index in [9.17, 15) is 4.79 Å². The summed E-state index contributed by atoms with van der Waals surface area (Å²) in [6.07, 6.45) is 10.9. The summed E-state index contributed by atoms with van der Waals surface area (Å²) >= 11 is 0. The molecule has 2 aromatic heterocycles. The van der Waals surface area contributed by atoms with E-state index in [1.165, 1.54) is 24.0 Å². The number of Topliss-reactive ketones (excluding diaryl/α,β-unsaturated/α-hetero) is 1. The van der Waals surface area contributed by atoms with Crippen molar-refractivity contribution in [1.29, 1.82) is 0 Å². The quantitative estimate of drug-likeness (QED) is 0.787. The number of rotatable bonds is 6. The zero-order valence-corrected chi connectivity index (χ0v) is 13.8. The molecule has 3 heteroatoms. The first-order valence-electron chi connectivity index (χ1n) is 8.63. The lowest BCUT2D eigenvalue weighted by Gasteiger charge is -2.08. The Labute approximate surface area is 138 Å². The van der Waals surface area contributed by atoms with Crippen molar-refractivity contribution >= 4 is 5.78 Å². The second kappa shape index (κ2) is 7.49. The second-order valence-corrected chi connectivity index (χ2v) is 6.57. The Bertz CT molecular complexity index is 675. The zero-order valence-electron chi connectivity index (χ0n) is 13.8. The summed E-state index contributed by atoms with van der Waals surface area (Å²) in [5.41, 5.74) is 4.24. The maximum absolute atomic E-state index is 12.1. The minimum absolute atomic E-state index is 0.347. The molecule has 1 fully saturated rings. The summed E-state index contributed by atoms with van der Waals surface area (Å²) in [6.45, 7) is 2.06. The minimum atomic E-state index is 0.347. The van der Waals surface area contributed by atoms with E-state index in [1.807, 2.05) is 24.5 Å². The van der Waals surface area contributed by atoms with E-state index in [0.717, 1.165) is 37.1 Å². The molecule has 1 aliphatic carbocycles. The van der Waals surface area contributed by atoms with Crippen LogP contribution in [0.5, 0.6) is 0 Å². The summed E-state index contributed by atoms with van der Waals surface area (Å²) < 4.78 is 0. The molecule has 0 aliphatic heterocycles. The molecule has 0 radical (unpaired) electrons. The van der Waals surface area contributed by atoms with E-state index in [1.54, 1.807) is 0 Å². The Morgan fingerprint density at radius 2 is 1.78 bits per heavy atom. The molecule has 0 N–H and O–H groups in total. The van der Waals surface area contributed by atoms with Gasteiger partial charge >= 0.3 is 0 Å². The van der Waals surface area contributed by atoms with Crippen molar-refractivity contribution in [2.24, 2.45) is 5.92 Å². The van der Waals surface area contributed by atoms with Crippen LogP contribution in [0.2, 0.25) is 0 Å². The van der Waals surface area contributed by atoms with Gasteiger partial charge in [0, 0.05) is 24.7 Å². The molecule has 3 nitrogen and oxygen atoms in total. The topological polar surface area (TPSA) is 42.9 Å². The average molecular weight is 308 g/mol. The summed E-state index contributed by atoms with van der Waals surface area (Å²) in [6, 6.07) is 8.18. The summed E-state index contributed by atoms with van der Waals surface area (Å²) in [7, 11) is 0. The van der Waals surface area contributed by atoms with Gasteiger partial charge in [-0.05, 0) is 68.0 Å². The SMILES string of the molecule is Cc1ccnc(-c2cc(CCCC(=O)C3CCCC3)ccn2)c1. The van der Waals surface area contributed by atoms with Gasteiger partial charge in [-0.15, -0.1) is 0 Å². The molecule has 0 unspecified atom stereocenters. The Morgan fingerprint density at radius 3 is 2.52 bits per heavy atom. The first kappa shape index (κ1) is 15.9. The third kappa shape index (κ3) is 4.25. The van der Waals surface area contributed by atoms with Crippen LogP contribution in [0.25, 0.3) is 11.4 Å². The molecular formula is C20H24N2O. The molecule has 1 aliphatic rings. The van der Waals surface area contributed by atoms with Gasteiger partial charge < -0.3 is 0 Å². The van der Waals surface area contributed by atoms with Crippen LogP contribution in [-0.4, -0.2) is 15.8 Å². The summed E-state index contributed by atoms with van der Waals surface area (Å²) in [5, 5.41) is 0. The molecule has 0 spiro atoms. The Hall–Kier alpha value is -2.03. The van der Waals surface area contributed by atoms with Crippen molar-refractivity contribution in [3.8, 4) is 11.4 Å². The van der Waals surface area contributed by atoms with E-state index in [-0.39, 0.29) is 0 Å². The average Bonchev–Trinajstić information content (AvgIpc) is 3.10. The highest BCUT2D eigenvalue weighted by Crippen LogP contribution is 2.27. The van der Waals surface area contributed by atoms with Crippen LogP contribution < -0.4 is 0 Å². The highest BCUT2D eigenvalue weighted by atomic mass is 16.1. The summed E-state index contributed by atoms with van der Waals surface area (Å²) in [5.74, 6) is 0.816. The molecule has 2 heterocycles. The monoisotopic (exact) mass is 308 g/mol. The lowest BCUT2D eigenvalue weighted by atomic mass is 9.97. The van der Waals surface area contributed by atoms with Gasteiger partial charge in [0.25, 0.3) is 0 Å². The molecule has 23 heavy (non-hydrogen) atoms. The standard InChI is InChI=1S/C20H24N2O/c1-15-9-11-21-18(13-15)19-14-16(10-12-22-19)5-4-8-20(23)17-6-2-3-7-17/h9-14,17H,2-8H2,1H3. The van der Waals surface area contributed by atoms with E-state index >= 15 is 0 Å². The fourth-order valence-electron chi connectivity index (χ4n) is 3.36. The Kier molecular flexibility index (Phi) is 5.16. The first-order chi connectivity index (χ1) is 11.2. The summed E-state index contributed by atoms with van der Waals surface area (Å²) in [4.78, 5) is 21.0. The number of ketones is 1. The third-order valence-corrected chi connectivity index (χ3v) is 4.70. The molecule has 0 bridgehead atoms. The smallest absolute Gasteiger partial charge is 0.135 e. The van der Waals surface area contributed by atoms with Crippen LogP contribution in [0.15, 0.2) is 36.7 Å². The van der Waals surface area contributed by atoms with Crippen LogP contribution in [0.3, 0.4) is 0 Å². The first-order valence-corrected chi connectivity index (χ1v) is 8.63. The third-order valence-electron chi connectivity index (χ3n) is 4.70. The van der Waals surface area contributed by atoms with Gasteiger partial charge in [-0.3, -0.25) is 14.8 Å². The fourth-order valence-corrected chi connectivity index (χ4v) is 3.36. The molecule has 0 saturated heterocycles. The van der Waals surface area contributed by atoms with Crippen LogP contribution in [0.1, 0.15) is 49.7 Å². The number of aryl methyl sites for hydroxylation is 2. The predicted molar refractivity (Wildman–Crippen MR) is 92.1 cm³/mol. The number of carbonyl (C=O) groups excluding carboxylic acids is 1. The number of hydrogen-bond acceptors (Lipinski definition) is 3. The minimum Gasteiger partial charge on any atom is -0.299 e. The number of carbonyl (C=O) groups is 1. The van der Waals surface area contributed by atoms with Gasteiger partial charge in [0.1, 0.15) is 5.78 Å².